The predicted molar refractivity (Wildman–Crippen MR) is 99.2 cm³/mol. The Bertz CT molecular complexity index is 669. The second-order valence-electron chi connectivity index (χ2n) is 6.38. The van der Waals surface area contributed by atoms with Gasteiger partial charge in [-0.05, 0) is 64.0 Å². The molecular weight excluding hydrogens is 332 g/mol. The van der Waals surface area contributed by atoms with Gasteiger partial charge in [-0.3, -0.25) is 14.5 Å². The number of carboxylic acid groups (broad SMARTS) is 1. The molecule has 0 radical (unpaired) electrons. The fourth-order valence-electron chi connectivity index (χ4n) is 3.15. The molecule has 0 aliphatic carbocycles. The lowest BCUT2D eigenvalue weighted by Crippen LogP contribution is -2.55. The third-order valence-electron chi connectivity index (χ3n) is 4.47. The molecule has 2 unspecified atom stereocenters. The monoisotopic (exact) mass is 358 g/mol. The van der Waals surface area contributed by atoms with Crippen molar-refractivity contribution in [1.82, 2.24) is 10.2 Å². The largest absolute Gasteiger partial charge is 0.481 e. The molecule has 2 atom stereocenters. The maximum absolute atomic E-state index is 12.5. The van der Waals surface area contributed by atoms with Crippen LogP contribution in [0.5, 0.6) is 5.75 Å². The molecule has 1 aromatic carbocycles. The first kappa shape index (κ1) is 19.8. The second-order valence-corrected chi connectivity index (χ2v) is 6.38. The Kier molecular flexibility index (Phi) is 7.49. The fourth-order valence-corrected chi connectivity index (χ4v) is 3.15. The predicted octanol–water partition coefficient (Wildman–Crippen LogP) is 2.15. The molecule has 140 valence electrons. The molecule has 0 saturated carbocycles. The Morgan fingerprint density at radius 3 is 2.46 bits per heavy atom. The molecule has 0 aromatic heterocycles. The zero-order valence-electron chi connectivity index (χ0n) is 15.3. The third-order valence-corrected chi connectivity index (χ3v) is 4.47. The van der Waals surface area contributed by atoms with E-state index in [0.29, 0.717) is 17.9 Å². The second kappa shape index (κ2) is 9.83. The zero-order valence-corrected chi connectivity index (χ0v) is 15.3. The number of rotatable bonds is 7. The van der Waals surface area contributed by atoms with Crippen molar-refractivity contribution in [3.8, 4) is 17.6 Å². The van der Waals surface area contributed by atoms with Gasteiger partial charge in [0, 0.05) is 5.56 Å². The van der Waals surface area contributed by atoms with E-state index in [1.807, 2.05) is 4.90 Å². The van der Waals surface area contributed by atoms with Gasteiger partial charge < -0.3 is 15.2 Å². The first-order chi connectivity index (χ1) is 12.5. The number of ether oxygens (including phenoxy) is 1. The molecule has 1 fully saturated rings. The molecule has 1 aromatic rings. The van der Waals surface area contributed by atoms with Crippen LogP contribution in [0.1, 0.15) is 43.5 Å². The molecule has 1 amide bonds. The highest BCUT2D eigenvalue weighted by Gasteiger charge is 2.32. The number of nitrogens with one attached hydrogen (secondary N) is 1. The minimum atomic E-state index is -0.902. The summed E-state index contributed by atoms with van der Waals surface area (Å²) in [6, 6.07) is 5.52. The number of aliphatic carboxylic acids is 1. The summed E-state index contributed by atoms with van der Waals surface area (Å²) in [6.07, 6.45) is 3.12. The number of amides is 1. The number of hydrogen-bond donors (Lipinski definition) is 2. The average molecular weight is 358 g/mol. The normalized spacial score (nSPS) is 16.7. The quantitative estimate of drug-likeness (QED) is 0.730. The van der Waals surface area contributed by atoms with E-state index < -0.39 is 18.1 Å². The molecule has 2 N–H and O–H groups in total. The highest BCUT2D eigenvalue weighted by atomic mass is 16.5. The first-order valence-corrected chi connectivity index (χ1v) is 8.93. The minimum absolute atomic E-state index is 0.291. The minimum Gasteiger partial charge on any atom is -0.481 e. The summed E-state index contributed by atoms with van der Waals surface area (Å²) in [6.45, 7) is 5.29. The topological polar surface area (TPSA) is 78.9 Å². The summed E-state index contributed by atoms with van der Waals surface area (Å²) < 4.78 is 5.42. The molecule has 1 aliphatic rings. The molecule has 2 rings (SSSR count). The van der Waals surface area contributed by atoms with Gasteiger partial charge in [0.1, 0.15) is 18.4 Å². The van der Waals surface area contributed by atoms with E-state index in [9.17, 15) is 14.7 Å². The molecule has 1 heterocycles. The molecule has 0 spiro atoms. The van der Waals surface area contributed by atoms with Crippen molar-refractivity contribution in [3.63, 3.8) is 0 Å². The van der Waals surface area contributed by atoms with Crippen LogP contribution in [0.4, 0.5) is 0 Å². The Morgan fingerprint density at radius 1 is 1.23 bits per heavy atom. The number of carbonyl (C=O) groups excluding carboxylic acids is 1. The summed E-state index contributed by atoms with van der Waals surface area (Å²) in [5.41, 5.74) is 0.466. The van der Waals surface area contributed by atoms with Crippen molar-refractivity contribution >= 4 is 11.9 Å². The van der Waals surface area contributed by atoms with Crippen molar-refractivity contribution in [3.05, 3.63) is 29.8 Å². The number of likely N-dealkylation sites (tertiary alicyclic amines) is 1. The first-order valence-electron chi connectivity index (χ1n) is 8.93. The van der Waals surface area contributed by atoms with Crippen LogP contribution in [-0.4, -0.2) is 53.7 Å². The van der Waals surface area contributed by atoms with E-state index in [2.05, 4.69) is 17.2 Å². The molecule has 26 heavy (non-hydrogen) atoms. The van der Waals surface area contributed by atoms with Crippen LogP contribution < -0.4 is 10.1 Å². The molecular formula is C20H26N2O4. The standard InChI is InChI=1S/C20H26N2O4/c1-3-4-14-26-17-10-8-16(9-11-17)19(23)21-15(2)18(20(24)25)22-12-6-5-7-13-22/h8-11,15,18H,5-7,12-14H2,1-2H3,(H,21,23)(H,24,25). The van der Waals surface area contributed by atoms with E-state index in [0.717, 1.165) is 32.4 Å². The van der Waals surface area contributed by atoms with E-state index in [4.69, 9.17) is 4.74 Å². The summed E-state index contributed by atoms with van der Waals surface area (Å²) in [5, 5.41) is 12.4. The highest BCUT2D eigenvalue weighted by Crippen LogP contribution is 2.16. The van der Waals surface area contributed by atoms with Gasteiger partial charge in [-0.2, -0.15) is 0 Å². The van der Waals surface area contributed by atoms with Crippen LogP contribution in [0.2, 0.25) is 0 Å². The van der Waals surface area contributed by atoms with E-state index >= 15 is 0 Å². The van der Waals surface area contributed by atoms with Crippen LogP contribution in [0.15, 0.2) is 24.3 Å². The van der Waals surface area contributed by atoms with Crippen LogP contribution in [-0.2, 0) is 4.79 Å². The summed E-state index contributed by atoms with van der Waals surface area (Å²) >= 11 is 0. The maximum atomic E-state index is 12.5. The number of carboxylic acids is 1. The number of nitrogens with zero attached hydrogens (tertiary/aromatic N) is 1. The third kappa shape index (κ3) is 5.50. The van der Waals surface area contributed by atoms with E-state index in [1.54, 1.807) is 38.1 Å². The van der Waals surface area contributed by atoms with Gasteiger partial charge in [0.25, 0.3) is 5.91 Å². The van der Waals surface area contributed by atoms with Crippen LogP contribution in [0, 0.1) is 11.8 Å². The summed E-state index contributed by atoms with van der Waals surface area (Å²) in [7, 11) is 0. The van der Waals surface area contributed by atoms with Crippen LogP contribution in [0.3, 0.4) is 0 Å². The Morgan fingerprint density at radius 2 is 1.88 bits per heavy atom. The fraction of sp³-hybridized carbons (Fsp3) is 0.500. The number of carbonyl (C=O) groups is 2. The Hall–Kier alpha value is -2.52. The van der Waals surface area contributed by atoms with Crippen LogP contribution >= 0.6 is 0 Å². The molecule has 6 heteroatoms. The lowest BCUT2D eigenvalue weighted by Gasteiger charge is -2.35. The van der Waals surface area contributed by atoms with Crippen molar-refractivity contribution in [2.24, 2.45) is 0 Å². The number of piperidine rings is 1. The van der Waals surface area contributed by atoms with Gasteiger partial charge in [-0.1, -0.05) is 12.3 Å². The highest BCUT2D eigenvalue weighted by molar-refractivity contribution is 5.94. The molecule has 0 bridgehead atoms. The van der Waals surface area contributed by atoms with E-state index in [1.165, 1.54) is 0 Å². The van der Waals surface area contributed by atoms with Crippen molar-refractivity contribution in [1.29, 1.82) is 0 Å². The van der Waals surface area contributed by atoms with Crippen LogP contribution in [0.25, 0.3) is 0 Å². The van der Waals surface area contributed by atoms with Gasteiger partial charge in [-0.15, -0.1) is 5.92 Å². The zero-order chi connectivity index (χ0) is 18.9. The van der Waals surface area contributed by atoms with Gasteiger partial charge in [0.05, 0.1) is 6.04 Å². The van der Waals surface area contributed by atoms with Crippen molar-refractivity contribution < 1.29 is 19.4 Å². The number of hydrogen-bond acceptors (Lipinski definition) is 4. The summed E-state index contributed by atoms with van der Waals surface area (Å²) in [4.78, 5) is 26.1. The molecule has 1 saturated heterocycles. The lowest BCUT2D eigenvalue weighted by atomic mass is 10.0. The Labute approximate surface area is 154 Å². The van der Waals surface area contributed by atoms with Gasteiger partial charge in [-0.25, -0.2) is 0 Å². The molecule has 6 nitrogen and oxygen atoms in total. The smallest absolute Gasteiger partial charge is 0.323 e. The van der Waals surface area contributed by atoms with Gasteiger partial charge >= 0.3 is 5.97 Å². The van der Waals surface area contributed by atoms with Gasteiger partial charge in [0.15, 0.2) is 0 Å². The van der Waals surface area contributed by atoms with Crippen molar-refractivity contribution in [2.45, 2.75) is 45.2 Å². The lowest BCUT2D eigenvalue weighted by molar-refractivity contribution is -0.144. The maximum Gasteiger partial charge on any atom is 0.323 e. The molecule has 1 aliphatic heterocycles. The Balaban J connectivity index is 1.97. The summed E-state index contributed by atoms with van der Waals surface area (Å²) in [5.74, 6) is 4.99. The van der Waals surface area contributed by atoms with Gasteiger partial charge in [0.2, 0.25) is 0 Å². The van der Waals surface area contributed by atoms with Crippen molar-refractivity contribution in [2.75, 3.05) is 19.7 Å². The van der Waals surface area contributed by atoms with E-state index in [-0.39, 0.29) is 5.91 Å². The number of benzene rings is 1. The average Bonchev–Trinajstić information content (AvgIpc) is 2.63. The SMILES string of the molecule is CC#CCOc1ccc(C(=O)NC(C)C(C(=O)O)N2CCCCC2)cc1.